The van der Waals surface area contributed by atoms with E-state index in [1.807, 2.05) is 23.1 Å². The Morgan fingerprint density at radius 3 is 2.24 bits per heavy atom. The highest BCUT2D eigenvalue weighted by Crippen LogP contribution is 2.42. The summed E-state index contributed by atoms with van der Waals surface area (Å²) in [5.41, 5.74) is 3.49. The average molecular weight is 501 g/mol. The fourth-order valence-electron chi connectivity index (χ4n) is 5.07. The molecule has 2 saturated heterocycles. The number of benzene rings is 2. The number of hydrogen-bond donors (Lipinski definition) is 0. The quantitative estimate of drug-likeness (QED) is 0.499. The van der Waals surface area contributed by atoms with E-state index in [0.29, 0.717) is 35.2 Å². The van der Waals surface area contributed by atoms with E-state index >= 15 is 0 Å². The number of amides is 2. The number of rotatable bonds is 3. The molecule has 0 unspecified atom stereocenters. The number of carbonyl (C=O) groups excluding carboxylic acids is 2. The fraction of sp³-hybridized carbons (Fsp3) is 0.440. The number of hydrogen-bond acceptors (Lipinski definition) is 5. The van der Waals surface area contributed by atoms with Gasteiger partial charge in [0.05, 0.1) is 12.2 Å². The van der Waals surface area contributed by atoms with Gasteiger partial charge in [0, 0.05) is 47.4 Å². The predicted octanol–water partition coefficient (Wildman–Crippen LogP) is 6.25. The molecule has 0 aliphatic carbocycles. The minimum atomic E-state index is -0.313. The number of nitrogens with zero attached hydrogens (tertiary/aromatic N) is 4. The van der Waals surface area contributed by atoms with Crippen LogP contribution in [0.3, 0.4) is 0 Å². The Morgan fingerprint density at radius 2 is 1.56 bits per heavy atom. The minimum Gasteiger partial charge on any atom is -0.445 e. The maximum Gasteiger partial charge on any atom is 0.410 e. The summed E-state index contributed by atoms with van der Waals surface area (Å²) < 4.78 is 5.48. The Morgan fingerprint density at radius 1 is 0.912 bits per heavy atom. The van der Waals surface area contributed by atoms with Gasteiger partial charge in [-0.15, -0.1) is 0 Å². The first-order valence-corrected chi connectivity index (χ1v) is 12.3. The molecule has 34 heavy (non-hydrogen) atoms. The molecular weight excluding hydrogens is 475 g/mol. The lowest BCUT2D eigenvalue weighted by Gasteiger charge is -2.46. The Bertz CT molecular complexity index is 1110. The van der Waals surface area contributed by atoms with Crippen molar-refractivity contribution in [2.45, 2.75) is 38.8 Å². The minimum absolute atomic E-state index is 0.0573. The highest BCUT2D eigenvalue weighted by molar-refractivity contribution is 6.34. The van der Waals surface area contributed by atoms with Gasteiger partial charge in [0.2, 0.25) is 0 Å². The first-order valence-electron chi connectivity index (χ1n) is 11.6. The van der Waals surface area contributed by atoms with Crippen molar-refractivity contribution in [2.24, 2.45) is 15.6 Å². The van der Waals surface area contributed by atoms with Crippen LogP contribution in [-0.2, 0) is 17.9 Å². The van der Waals surface area contributed by atoms with E-state index in [9.17, 15) is 9.59 Å². The molecule has 3 aliphatic rings. The van der Waals surface area contributed by atoms with Gasteiger partial charge in [0.15, 0.2) is 0 Å². The Labute approximate surface area is 208 Å². The first-order chi connectivity index (χ1) is 16.4. The number of ether oxygens (including phenoxy) is 1. The van der Waals surface area contributed by atoms with E-state index in [1.54, 1.807) is 23.1 Å². The van der Waals surface area contributed by atoms with E-state index < -0.39 is 0 Å². The van der Waals surface area contributed by atoms with Crippen LogP contribution in [0.5, 0.6) is 0 Å². The molecule has 3 heterocycles. The molecule has 3 aliphatic heterocycles. The van der Waals surface area contributed by atoms with Gasteiger partial charge >= 0.3 is 6.09 Å². The van der Waals surface area contributed by atoms with Gasteiger partial charge in [-0.25, -0.2) is 4.79 Å². The van der Waals surface area contributed by atoms with Crippen molar-refractivity contribution in [2.75, 3.05) is 26.2 Å². The van der Waals surface area contributed by atoms with Gasteiger partial charge < -0.3 is 14.5 Å². The van der Waals surface area contributed by atoms with Crippen molar-refractivity contribution >= 4 is 40.9 Å². The molecule has 2 aromatic rings. The number of likely N-dealkylation sites (tertiary alicyclic amines) is 2. The zero-order valence-corrected chi connectivity index (χ0v) is 20.3. The van der Waals surface area contributed by atoms with Crippen molar-refractivity contribution < 1.29 is 14.3 Å². The summed E-state index contributed by atoms with van der Waals surface area (Å²) in [6.07, 6.45) is 3.44. The zero-order chi connectivity index (χ0) is 23.7. The number of piperidine rings is 2. The molecule has 0 radical (unpaired) electrons. The van der Waals surface area contributed by atoms with Crippen LogP contribution in [0.2, 0.25) is 10.0 Å². The normalized spacial score (nSPS) is 18.8. The van der Waals surface area contributed by atoms with E-state index in [4.69, 9.17) is 27.9 Å². The molecule has 7 nitrogen and oxygen atoms in total. The number of azo groups is 1. The van der Waals surface area contributed by atoms with E-state index in [-0.39, 0.29) is 24.0 Å². The standard InChI is InChI=1S/C25H26Cl2N4O3/c26-20-11-17(12-21(27)14-20)16-34-24(33)31-9-5-25(6-10-31)3-7-30(8-4-25)23(32)18-1-2-19-15-28-29-22(19)13-18/h1-2,11-14H,3-10,15-16H2. The third kappa shape index (κ3) is 4.91. The van der Waals surface area contributed by atoms with Gasteiger partial charge in [-0.05, 0) is 67.0 Å². The van der Waals surface area contributed by atoms with Gasteiger partial charge in [0.1, 0.15) is 6.61 Å². The second kappa shape index (κ2) is 9.55. The molecule has 2 fully saturated rings. The van der Waals surface area contributed by atoms with Gasteiger partial charge in [-0.1, -0.05) is 29.3 Å². The monoisotopic (exact) mass is 500 g/mol. The summed E-state index contributed by atoms with van der Waals surface area (Å²) in [5, 5.41) is 9.18. The third-order valence-electron chi connectivity index (χ3n) is 7.23. The zero-order valence-electron chi connectivity index (χ0n) is 18.8. The van der Waals surface area contributed by atoms with Gasteiger partial charge in [-0.3, -0.25) is 4.79 Å². The molecular formula is C25H26Cl2N4O3. The molecule has 178 valence electrons. The van der Waals surface area contributed by atoms with E-state index in [0.717, 1.165) is 55.6 Å². The van der Waals surface area contributed by atoms with Crippen LogP contribution in [0.15, 0.2) is 46.6 Å². The average Bonchev–Trinajstić information content (AvgIpc) is 3.30. The maximum absolute atomic E-state index is 13.0. The fourth-order valence-corrected chi connectivity index (χ4v) is 5.64. The van der Waals surface area contributed by atoms with Crippen molar-refractivity contribution in [1.29, 1.82) is 0 Å². The lowest BCUT2D eigenvalue weighted by molar-refractivity contribution is 0.0246. The van der Waals surface area contributed by atoms with Crippen LogP contribution in [-0.4, -0.2) is 48.0 Å². The van der Waals surface area contributed by atoms with Gasteiger partial charge in [-0.2, -0.15) is 10.2 Å². The SMILES string of the molecule is O=C(OCc1cc(Cl)cc(Cl)c1)N1CCC2(CC1)CCN(C(=O)c1ccc3c(c1)N=NC3)CC2. The summed E-state index contributed by atoms with van der Waals surface area (Å²) in [7, 11) is 0. The van der Waals surface area contributed by atoms with Crippen LogP contribution in [0.1, 0.15) is 47.2 Å². The summed E-state index contributed by atoms with van der Waals surface area (Å²) in [6, 6.07) is 10.8. The molecule has 0 atom stereocenters. The van der Waals surface area contributed by atoms with Crippen molar-refractivity contribution in [1.82, 2.24) is 9.80 Å². The molecule has 0 bridgehead atoms. The first kappa shape index (κ1) is 23.1. The molecule has 5 rings (SSSR count). The predicted molar refractivity (Wildman–Crippen MR) is 130 cm³/mol. The molecule has 0 saturated carbocycles. The van der Waals surface area contributed by atoms with E-state index in [1.165, 1.54) is 0 Å². The highest BCUT2D eigenvalue weighted by Gasteiger charge is 2.40. The second-order valence-corrected chi connectivity index (χ2v) is 10.2. The molecule has 9 heteroatoms. The Hall–Kier alpha value is -2.64. The largest absolute Gasteiger partial charge is 0.445 e. The van der Waals surface area contributed by atoms with Crippen molar-refractivity contribution in [3.05, 3.63) is 63.1 Å². The molecule has 0 N–H and O–H groups in total. The summed E-state index contributed by atoms with van der Waals surface area (Å²) >= 11 is 12.0. The summed E-state index contributed by atoms with van der Waals surface area (Å²) in [6.45, 7) is 3.53. The molecule has 1 spiro atoms. The summed E-state index contributed by atoms with van der Waals surface area (Å²) in [5.74, 6) is 0.0573. The number of halogens is 2. The van der Waals surface area contributed by atoms with Crippen molar-refractivity contribution in [3.63, 3.8) is 0 Å². The second-order valence-electron chi connectivity index (χ2n) is 9.35. The maximum atomic E-state index is 13.0. The number of fused-ring (bicyclic) bond motifs is 1. The lowest BCUT2D eigenvalue weighted by atomic mass is 9.71. The molecule has 0 aromatic heterocycles. The van der Waals surface area contributed by atoms with Crippen LogP contribution in [0.25, 0.3) is 0 Å². The third-order valence-corrected chi connectivity index (χ3v) is 7.67. The van der Waals surface area contributed by atoms with Crippen molar-refractivity contribution in [3.8, 4) is 0 Å². The van der Waals surface area contributed by atoms with Crippen LogP contribution in [0.4, 0.5) is 10.5 Å². The highest BCUT2D eigenvalue weighted by atomic mass is 35.5. The van der Waals surface area contributed by atoms with Crippen LogP contribution < -0.4 is 0 Å². The van der Waals surface area contributed by atoms with Gasteiger partial charge in [0.25, 0.3) is 5.91 Å². The van der Waals surface area contributed by atoms with E-state index in [2.05, 4.69) is 10.2 Å². The number of carbonyl (C=O) groups is 2. The molecule has 2 aromatic carbocycles. The smallest absolute Gasteiger partial charge is 0.410 e. The van der Waals surface area contributed by atoms with Crippen LogP contribution >= 0.6 is 23.2 Å². The topological polar surface area (TPSA) is 74.6 Å². The Balaban J connectivity index is 1.11. The van der Waals surface area contributed by atoms with Crippen LogP contribution in [0, 0.1) is 5.41 Å². The summed E-state index contributed by atoms with van der Waals surface area (Å²) in [4.78, 5) is 29.3. The molecule has 2 amide bonds. The Kier molecular flexibility index (Phi) is 6.49. The lowest BCUT2D eigenvalue weighted by Crippen LogP contribution is -2.49.